The van der Waals surface area contributed by atoms with E-state index >= 15 is 0 Å². The Labute approximate surface area is 107 Å². The summed E-state index contributed by atoms with van der Waals surface area (Å²) in [4.78, 5) is 22.2. The van der Waals surface area contributed by atoms with Crippen molar-refractivity contribution in [3.8, 4) is 0 Å². The Hall–Kier alpha value is -2.03. The maximum absolute atomic E-state index is 10.6. The number of hydrogen-bond acceptors (Lipinski definition) is 7. The maximum Gasteiger partial charge on any atom is 0.492 e. The van der Waals surface area contributed by atoms with E-state index in [-0.39, 0.29) is 0 Å². The van der Waals surface area contributed by atoms with Crippen LogP contribution in [0.25, 0.3) is 0 Å². The molecule has 0 fully saturated rings. The first-order chi connectivity index (χ1) is 8.45. The molecular weight excluding hydrogens is 256 g/mol. The van der Waals surface area contributed by atoms with Gasteiger partial charge in [0, 0.05) is 35.3 Å². The molecule has 9 heteroatoms. The molecule has 0 saturated heterocycles. The Bertz CT molecular complexity index is 591. The van der Waals surface area contributed by atoms with Crippen molar-refractivity contribution in [3.63, 3.8) is 0 Å². The minimum absolute atomic E-state index is 0.381. The second-order valence-electron chi connectivity index (χ2n) is 3.61. The molecule has 18 heavy (non-hydrogen) atoms. The van der Waals surface area contributed by atoms with Crippen LogP contribution >= 0.6 is 11.8 Å². The summed E-state index contributed by atoms with van der Waals surface area (Å²) in [7, 11) is 1.59. The van der Waals surface area contributed by atoms with Crippen LogP contribution in [0.1, 0.15) is 11.4 Å². The monoisotopic (exact) mass is 266 g/mol. The fourth-order valence-corrected chi connectivity index (χ4v) is 2.19. The van der Waals surface area contributed by atoms with E-state index in [9.17, 15) is 10.1 Å². The summed E-state index contributed by atoms with van der Waals surface area (Å²) in [5.74, 6) is -0.427. The fraction of sp³-hybridized carbons (Fsp3) is 0.333. The molecule has 2 aromatic heterocycles. The quantitative estimate of drug-likeness (QED) is 0.468. The van der Waals surface area contributed by atoms with Crippen molar-refractivity contribution in [3.05, 3.63) is 27.6 Å². The molecule has 2 heterocycles. The molecule has 0 aromatic carbocycles. The lowest BCUT2D eigenvalue weighted by atomic mass is 10.4. The summed E-state index contributed by atoms with van der Waals surface area (Å²) < 4.78 is 1.34. The average Bonchev–Trinajstić information content (AvgIpc) is 2.59. The zero-order valence-corrected chi connectivity index (χ0v) is 10.8. The highest BCUT2D eigenvalue weighted by atomic mass is 32.2. The molecule has 0 aliphatic heterocycles. The normalized spacial score (nSPS) is 10.6. The van der Waals surface area contributed by atoms with E-state index in [0.29, 0.717) is 10.3 Å². The topological polar surface area (TPSA) is 99.6 Å². The summed E-state index contributed by atoms with van der Waals surface area (Å²) in [6.07, 6.45) is 0. The molecule has 2 rings (SSSR count). The molecule has 0 N–H and O–H groups in total. The first-order valence-electron chi connectivity index (χ1n) is 5.01. The third kappa shape index (κ3) is 2.62. The molecule has 0 bridgehead atoms. The predicted octanol–water partition coefficient (Wildman–Crippen LogP) is 1.28. The van der Waals surface area contributed by atoms with Crippen LogP contribution in [0.3, 0.4) is 0 Å². The lowest BCUT2D eigenvalue weighted by molar-refractivity contribution is -0.394. The second kappa shape index (κ2) is 4.69. The minimum Gasteiger partial charge on any atom is -0.390 e. The van der Waals surface area contributed by atoms with Crippen LogP contribution in [-0.4, -0.2) is 29.7 Å². The molecule has 0 aliphatic carbocycles. The first kappa shape index (κ1) is 12.4. The molecule has 0 aliphatic rings. The molecular formula is C9H10N6O2S. The van der Waals surface area contributed by atoms with Gasteiger partial charge in [-0.2, -0.15) is 4.68 Å². The predicted molar refractivity (Wildman–Crippen MR) is 63.3 cm³/mol. The van der Waals surface area contributed by atoms with Gasteiger partial charge >= 0.3 is 5.95 Å². The third-order valence-electron chi connectivity index (χ3n) is 2.02. The molecule has 0 radical (unpaired) electrons. The van der Waals surface area contributed by atoms with Crippen molar-refractivity contribution in [2.45, 2.75) is 24.2 Å². The van der Waals surface area contributed by atoms with E-state index in [1.165, 1.54) is 4.68 Å². The van der Waals surface area contributed by atoms with Crippen LogP contribution in [-0.2, 0) is 7.05 Å². The van der Waals surface area contributed by atoms with Gasteiger partial charge in [-0.15, -0.1) is 0 Å². The molecule has 0 atom stereocenters. The Balaban J connectivity index is 2.30. The summed E-state index contributed by atoms with van der Waals surface area (Å²) >= 11 is 1.14. The van der Waals surface area contributed by atoms with Crippen molar-refractivity contribution in [2.24, 2.45) is 7.05 Å². The molecule has 8 nitrogen and oxygen atoms in total. The van der Waals surface area contributed by atoms with E-state index in [0.717, 1.165) is 23.1 Å². The summed E-state index contributed by atoms with van der Waals surface area (Å²) in [6.45, 7) is 3.72. The minimum atomic E-state index is -0.633. The average molecular weight is 266 g/mol. The van der Waals surface area contributed by atoms with E-state index < -0.39 is 10.9 Å². The molecule has 0 spiro atoms. The van der Waals surface area contributed by atoms with Crippen molar-refractivity contribution in [1.29, 1.82) is 0 Å². The lowest BCUT2D eigenvalue weighted by Crippen LogP contribution is -1.96. The summed E-state index contributed by atoms with van der Waals surface area (Å²) in [5.41, 5.74) is 1.67. The fourth-order valence-electron chi connectivity index (χ4n) is 1.34. The van der Waals surface area contributed by atoms with Gasteiger partial charge in [-0.25, -0.2) is 9.97 Å². The number of rotatable bonds is 3. The van der Waals surface area contributed by atoms with Gasteiger partial charge in [-0.1, -0.05) is 0 Å². The molecule has 0 saturated carbocycles. The van der Waals surface area contributed by atoms with E-state index in [2.05, 4.69) is 20.1 Å². The number of aromatic nitrogens is 5. The highest BCUT2D eigenvalue weighted by molar-refractivity contribution is 7.99. The Morgan fingerprint density at radius 1 is 1.28 bits per heavy atom. The Morgan fingerprint density at radius 2 is 1.89 bits per heavy atom. The third-order valence-corrected chi connectivity index (χ3v) is 2.92. The van der Waals surface area contributed by atoms with Crippen molar-refractivity contribution in [1.82, 2.24) is 24.7 Å². The van der Waals surface area contributed by atoms with Gasteiger partial charge in [-0.05, 0) is 29.8 Å². The van der Waals surface area contributed by atoms with Crippen LogP contribution in [0, 0.1) is 24.0 Å². The molecule has 0 unspecified atom stereocenters. The zero-order chi connectivity index (χ0) is 13.3. The van der Waals surface area contributed by atoms with Gasteiger partial charge in [-0.3, -0.25) is 0 Å². The summed E-state index contributed by atoms with van der Waals surface area (Å²) in [6, 6.07) is 1.85. The van der Waals surface area contributed by atoms with Crippen LogP contribution in [0.15, 0.2) is 16.4 Å². The van der Waals surface area contributed by atoms with Gasteiger partial charge in [0.2, 0.25) is 0 Å². The van der Waals surface area contributed by atoms with E-state index in [1.54, 1.807) is 7.05 Å². The standard InChI is InChI=1S/C9H10N6O2S/c1-5-4-6(2)11-8(10-5)18-9-12-7(15(16)17)13-14(9)3/h4H,1-3H3. The van der Waals surface area contributed by atoms with Crippen LogP contribution in [0.2, 0.25) is 0 Å². The second-order valence-corrected chi connectivity index (χ2v) is 4.54. The summed E-state index contributed by atoms with van der Waals surface area (Å²) in [5, 5.41) is 15.1. The highest BCUT2D eigenvalue weighted by Gasteiger charge is 2.21. The van der Waals surface area contributed by atoms with Crippen molar-refractivity contribution < 1.29 is 4.92 Å². The van der Waals surface area contributed by atoms with Gasteiger partial charge in [0.1, 0.15) is 0 Å². The Kier molecular flexibility index (Phi) is 3.24. The van der Waals surface area contributed by atoms with Crippen LogP contribution < -0.4 is 0 Å². The van der Waals surface area contributed by atoms with Crippen molar-refractivity contribution >= 4 is 17.7 Å². The molecule has 0 amide bonds. The molecule has 94 valence electrons. The SMILES string of the molecule is Cc1cc(C)nc(Sc2nc([N+](=O)[O-])nn2C)n1. The van der Waals surface area contributed by atoms with Crippen LogP contribution in [0.4, 0.5) is 5.95 Å². The van der Waals surface area contributed by atoms with Crippen molar-refractivity contribution in [2.75, 3.05) is 0 Å². The largest absolute Gasteiger partial charge is 0.492 e. The number of nitrogens with zero attached hydrogens (tertiary/aromatic N) is 6. The Morgan fingerprint density at radius 3 is 2.39 bits per heavy atom. The number of nitro groups is 1. The number of hydrogen-bond donors (Lipinski definition) is 0. The lowest BCUT2D eigenvalue weighted by Gasteiger charge is -1.99. The first-order valence-corrected chi connectivity index (χ1v) is 5.83. The van der Waals surface area contributed by atoms with Gasteiger partial charge in [0.15, 0.2) is 5.16 Å². The van der Waals surface area contributed by atoms with Gasteiger partial charge in [0.05, 0.1) is 0 Å². The maximum atomic E-state index is 10.6. The molecule has 2 aromatic rings. The number of aryl methyl sites for hydroxylation is 3. The van der Waals surface area contributed by atoms with Crippen LogP contribution in [0.5, 0.6) is 0 Å². The highest BCUT2D eigenvalue weighted by Crippen LogP contribution is 2.24. The van der Waals surface area contributed by atoms with E-state index in [1.807, 2.05) is 19.9 Å². The van der Waals surface area contributed by atoms with Gasteiger partial charge in [0.25, 0.3) is 5.16 Å². The zero-order valence-electron chi connectivity index (χ0n) is 9.99. The smallest absolute Gasteiger partial charge is 0.390 e. The van der Waals surface area contributed by atoms with Gasteiger partial charge < -0.3 is 10.1 Å². The van der Waals surface area contributed by atoms with E-state index in [4.69, 9.17) is 0 Å².